The summed E-state index contributed by atoms with van der Waals surface area (Å²) >= 11 is 0. The van der Waals surface area contributed by atoms with E-state index in [1.54, 1.807) is 0 Å². The predicted molar refractivity (Wildman–Crippen MR) is 60.8 cm³/mol. The van der Waals surface area contributed by atoms with Gasteiger partial charge in [0, 0.05) is 6.54 Å². The summed E-state index contributed by atoms with van der Waals surface area (Å²) < 4.78 is 0. The molecule has 4 heteroatoms. The van der Waals surface area contributed by atoms with Crippen LogP contribution < -0.4 is 11.1 Å². The number of benzene rings is 1. The molecule has 82 valence electrons. The molecule has 1 atom stereocenters. The lowest BCUT2D eigenvalue weighted by Gasteiger charge is -2.15. The number of hydrogen-bond donors (Lipinski definition) is 3. The molecule has 0 aliphatic carbocycles. The molecule has 1 unspecified atom stereocenters. The normalized spacial score (nSPS) is 13.8. The Bertz CT molecular complexity index is 311. The minimum atomic E-state index is -0.0739. The average molecular weight is 207 g/mol. The van der Waals surface area contributed by atoms with Crippen LogP contribution >= 0.6 is 0 Å². The molecule has 0 aromatic heterocycles. The summed E-state index contributed by atoms with van der Waals surface area (Å²) in [5.74, 6) is 0.230. The molecule has 0 amide bonds. The van der Waals surface area contributed by atoms with E-state index >= 15 is 0 Å². The van der Waals surface area contributed by atoms with Gasteiger partial charge in [0.1, 0.15) is 0 Å². The second kappa shape index (κ2) is 6.03. The fraction of sp³-hybridized carbons (Fsp3) is 0.364. The van der Waals surface area contributed by atoms with E-state index in [2.05, 4.69) is 10.5 Å². The van der Waals surface area contributed by atoms with Crippen molar-refractivity contribution in [2.24, 2.45) is 10.9 Å². The average Bonchev–Trinajstić information content (AvgIpc) is 2.31. The highest BCUT2D eigenvalue weighted by atomic mass is 16.4. The third kappa shape index (κ3) is 3.59. The molecule has 4 N–H and O–H groups in total. The van der Waals surface area contributed by atoms with E-state index in [-0.39, 0.29) is 11.9 Å². The highest BCUT2D eigenvalue weighted by Gasteiger charge is 2.09. The van der Waals surface area contributed by atoms with Gasteiger partial charge in [0.15, 0.2) is 5.84 Å². The summed E-state index contributed by atoms with van der Waals surface area (Å²) in [5, 5.41) is 14.8. The smallest absolute Gasteiger partial charge is 0.156 e. The van der Waals surface area contributed by atoms with Crippen LogP contribution in [0.15, 0.2) is 35.5 Å². The Morgan fingerprint density at radius 1 is 1.47 bits per heavy atom. The van der Waals surface area contributed by atoms with Crippen molar-refractivity contribution in [2.45, 2.75) is 25.9 Å². The van der Waals surface area contributed by atoms with E-state index in [4.69, 9.17) is 10.9 Å². The van der Waals surface area contributed by atoms with E-state index in [0.29, 0.717) is 0 Å². The van der Waals surface area contributed by atoms with Gasteiger partial charge in [0.2, 0.25) is 0 Å². The highest BCUT2D eigenvalue weighted by molar-refractivity contribution is 5.85. The maximum Gasteiger partial charge on any atom is 0.156 e. The molecule has 0 spiro atoms. The lowest BCUT2D eigenvalue weighted by Crippen LogP contribution is -2.40. The first kappa shape index (κ1) is 11.5. The van der Waals surface area contributed by atoms with Crippen molar-refractivity contribution in [3.05, 3.63) is 35.9 Å². The van der Waals surface area contributed by atoms with E-state index in [0.717, 1.165) is 13.0 Å². The first-order valence-electron chi connectivity index (χ1n) is 5.02. The van der Waals surface area contributed by atoms with Gasteiger partial charge in [-0.2, -0.15) is 0 Å². The number of amidine groups is 1. The fourth-order valence-corrected chi connectivity index (χ4v) is 1.36. The monoisotopic (exact) mass is 207 g/mol. The van der Waals surface area contributed by atoms with Crippen LogP contribution in [-0.2, 0) is 6.54 Å². The fourth-order valence-electron chi connectivity index (χ4n) is 1.36. The van der Waals surface area contributed by atoms with Crippen molar-refractivity contribution < 1.29 is 5.21 Å². The van der Waals surface area contributed by atoms with Crippen molar-refractivity contribution in [1.82, 2.24) is 5.32 Å². The Morgan fingerprint density at radius 3 is 2.67 bits per heavy atom. The van der Waals surface area contributed by atoms with Gasteiger partial charge >= 0.3 is 0 Å². The summed E-state index contributed by atoms with van der Waals surface area (Å²) in [5.41, 5.74) is 6.71. The Balaban J connectivity index is 2.48. The number of oxime groups is 1. The first-order valence-corrected chi connectivity index (χ1v) is 5.02. The predicted octanol–water partition coefficient (Wildman–Crippen LogP) is 1.30. The third-order valence-corrected chi connectivity index (χ3v) is 2.28. The van der Waals surface area contributed by atoms with Crippen LogP contribution in [0.3, 0.4) is 0 Å². The van der Waals surface area contributed by atoms with Crippen LogP contribution in [0.4, 0.5) is 0 Å². The van der Waals surface area contributed by atoms with Gasteiger partial charge in [-0.05, 0) is 12.0 Å². The molecule has 0 heterocycles. The molecule has 0 bridgehead atoms. The van der Waals surface area contributed by atoms with Gasteiger partial charge in [-0.1, -0.05) is 42.4 Å². The maximum atomic E-state index is 8.56. The largest absolute Gasteiger partial charge is 0.409 e. The molecular formula is C11H17N3O. The van der Waals surface area contributed by atoms with Crippen molar-refractivity contribution >= 4 is 5.84 Å². The van der Waals surface area contributed by atoms with Crippen LogP contribution in [0, 0.1) is 0 Å². The van der Waals surface area contributed by atoms with Crippen LogP contribution in [0.2, 0.25) is 0 Å². The minimum Gasteiger partial charge on any atom is -0.409 e. The third-order valence-electron chi connectivity index (χ3n) is 2.28. The van der Waals surface area contributed by atoms with E-state index in [1.807, 2.05) is 37.3 Å². The summed E-state index contributed by atoms with van der Waals surface area (Å²) in [4.78, 5) is 0. The molecule has 1 rings (SSSR count). The number of nitrogens with two attached hydrogens (primary N) is 1. The van der Waals surface area contributed by atoms with Gasteiger partial charge in [0.25, 0.3) is 0 Å². The van der Waals surface area contributed by atoms with Crippen LogP contribution in [0.5, 0.6) is 0 Å². The van der Waals surface area contributed by atoms with Crippen molar-refractivity contribution in [2.75, 3.05) is 0 Å². The quantitative estimate of drug-likeness (QED) is 0.295. The SMILES string of the molecule is CCC(NCc1ccccc1)/C(N)=N/O. The Labute approximate surface area is 89.8 Å². The van der Waals surface area contributed by atoms with Gasteiger partial charge in [-0.3, -0.25) is 0 Å². The van der Waals surface area contributed by atoms with Gasteiger partial charge < -0.3 is 16.3 Å². The summed E-state index contributed by atoms with van der Waals surface area (Å²) in [6, 6.07) is 9.95. The number of nitrogens with zero attached hydrogens (tertiary/aromatic N) is 1. The van der Waals surface area contributed by atoms with Gasteiger partial charge in [0.05, 0.1) is 6.04 Å². The minimum absolute atomic E-state index is 0.0739. The van der Waals surface area contributed by atoms with Crippen LogP contribution in [0.1, 0.15) is 18.9 Å². The lowest BCUT2D eigenvalue weighted by molar-refractivity contribution is 0.314. The summed E-state index contributed by atoms with van der Waals surface area (Å²) in [6.07, 6.45) is 0.794. The first-order chi connectivity index (χ1) is 7.27. The summed E-state index contributed by atoms with van der Waals surface area (Å²) in [7, 11) is 0. The topological polar surface area (TPSA) is 70.6 Å². The maximum absolute atomic E-state index is 8.56. The standard InChI is InChI=1S/C11H17N3O/c1-2-10(11(12)14-15)13-8-9-6-4-3-5-7-9/h3-7,10,13,15H,2,8H2,1H3,(H2,12,14). The van der Waals surface area contributed by atoms with Crippen molar-refractivity contribution in [3.63, 3.8) is 0 Å². The van der Waals surface area contributed by atoms with E-state index in [9.17, 15) is 0 Å². The molecular weight excluding hydrogens is 190 g/mol. The van der Waals surface area contributed by atoms with Crippen LogP contribution in [0.25, 0.3) is 0 Å². The second-order valence-corrected chi connectivity index (χ2v) is 3.35. The molecule has 4 nitrogen and oxygen atoms in total. The zero-order chi connectivity index (χ0) is 11.1. The molecule has 0 saturated carbocycles. The molecule has 0 aliphatic rings. The Kier molecular flexibility index (Phi) is 4.63. The molecule has 1 aromatic carbocycles. The Morgan fingerprint density at radius 2 is 2.13 bits per heavy atom. The number of hydrogen-bond acceptors (Lipinski definition) is 3. The molecule has 0 radical (unpaired) electrons. The van der Waals surface area contributed by atoms with Crippen molar-refractivity contribution in [3.8, 4) is 0 Å². The van der Waals surface area contributed by atoms with Crippen molar-refractivity contribution in [1.29, 1.82) is 0 Å². The van der Waals surface area contributed by atoms with Crippen LogP contribution in [-0.4, -0.2) is 17.1 Å². The summed E-state index contributed by atoms with van der Waals surface area (Å²) in [6.45, 7) is 2.70. The van der Waals surface area contributed by atoms with E-state index in [1.165, 1.54) is 5.56 Å². The molecule has 1 aromatic rings. The molecule has 0 fully saturated rings. The highest BCUT2D eigenvalue weighted by Crippen LogP contribution is 1.99. The van der Waals surface area contributed by atoms with Gasteiger partial charge in [-0.25, -0.2) is 0 Å². The molecule has 0 saturated heterocycles. The Hall–Kier alpha value is -1.55. The number of rotatable bonds is 5. The molecule has 15 heavy (non-hydrogen) atoms. The zero-order valence-corrected chi connectivity index (χ0v) is 8.85. The molecule has 0 aliphatic heterocycles. The van der Waals surface area contributed by atoms with E-state index < -0.39 is 0 Å². The lowest BCUT2D eigenvalue weighted by atomic mass is 10.1. The zero-order valence-electron chi connectivity index (χ0n) is 8.85. The second-order valence-electron chi connectivity index (χ2n) is 3.35. The number of nitrogens with one attached hydrogen (secondary N) is 1. The van der Waals surface area contributed by atoms with Gasteiger partial charge in [-0.15, -0.1) is 0 Å².